The highest BCUT2D eigenvalue weighted by molar-refractivity contribution is 7.92. The summed E-state index contributed by atoms with van der Waals surface area (Å²) in [4.78, 5) is 16.0. The summed E-state index contributed by atoms with van der Waals surface area (Å²) < 4.78 is 53.1. The van der Waals surface area contributed by atoms with Crippen molar-refractivity contribution in [1.82, 2.24) is 10.3 Å². The zero-order valence-corrected chi connectivity index (χ0v) is 16.1. The summed E-state index contributed by atoms with van der Waals surface area (Å²) in [6, 6.07) is 11.7. The van der Waals surface area contributed by atoms with Crippen LogP contribution < -0.4 is 10.0 Å². The lowest BCUT2D eigenvalue weighted by Gasteiger charge is -2.10. The van der Waals surface area contributed by atoms with Crippen LogP contribution >= 0.6 is 0 Å². The molecule has 0 spiro atoms. The molecule has 0 bridgehead atoms. The van der Waals surface area contributed by atoms with Crippen molar-refractivity contribution in [2.45, 2.75) is 18.4 Å². The number of benzene rings is 2. The minimum absolute atomic E-state index is 0.173. The molecule has 0 aliphatic carbocycles. The number of amides is 1. The Hall–Kier alpha value is -3.33. The van der Waals surface area contributed by atoms with Crippen LogP contribution in [-0.4, -0.2) is 19.3 Å². The van der Waals surface area contributed by atoms with Crippen molar-refractivity contribution in [3.8, 4) is 0 Å². The summed E-state index contributed by atoms with van der Waals surface area (Å²) in [5.41, 5.74) is 2.20. The fourth-order valence-electron chi connectivity index (χ4n) is 2.52. The zero-order chi connectivity index (χ0) is 21.0. The second-order valence-electron chi connectivity index (χ2n) is 6.21. The monoisotopic (exact) mass is 417 g/mol. The SMILES string of the molecule is Cc1cccnc1CNC(=O)c1ccc(NS(=O)(=O)c2ccc(F)c(F)c2)cc1. The number of anilines is 1. The molecular weight excluding hydrogens is 400 g/mol. The Bertz CT molecular complexity index is 1150. The predicted molar refractivity (Wildman–Crippen MR) is 104 cm³/mol. The Balaban J connectivity index is 1.67. The van der Waals surface area contributed by atoms with Gasteiger partial charge in [-0.15, -0.1) is 0 Å². The van der Waals surface area contributed by atoms with Gasteiger partial charge < -0.3 is 5.32 Å². The average Bonchev–Trinajstić information content (AvgIpc) is 2.69. The molecule has 1 amide bonds. The van der Waals surface area contributed by atoms with Gasteiger partial charge in [0.1, 0.15) is 0 Å². The van der Waals surface area contributed by atoms with Crippen molar-refractivity contribution >= 4 is 21.6 Å². The molecule has 0 saturated carbocycles. The summed E-state index contributed by atoms with van der Waals surface area (Å²) >= 11 is 0. The summed E-state index contributed by atoms with van der Waals surface area (Å²) in [7, 11) is -4.10. The maximum Gasteiger partial charge on any atom is 0.261 e. The van der Waals surface area contributed by atoms with E-state index in [9.17, 15) is 22.0 Å². The largest absolute Gasteiger partial charge is 0.346 e. The Morgan fingerprint density at radius 3 is 2.41 bits per heavy atom. The van der Waals surface area contributed by atoms with E-state index in [-0.39, 0.29) is 18.1 Å². The van der Waals surface area contributed by atoms with Crippen LogP contribution in [0.2, 0.25) is 0 Å². The number of carbonyl (C=O) groups is 1. The topological polar surface area (TPSA) is 88.2 Å². The minimum Gasteiger partial charge on any atom is -0.346 e. The molecule has 1 aromatic heterocycles. The number of hydrogen-bond acceptors (Lipinski definition) is 4. The molecule has 150 valence electrons. The van der Waals surface area contributed by atoms with E-state index in [0.717, 1.165) is 23.4 Å². The molecule has 0 unspecified atom stereocenters. The number of nitrogens with zero attached hydrogens (tertiary/aromatic N) is 1. The summed E-state index contributed by atoms with van der Waals surface area (Å²) in [5, 5.41) is 2.74. The molecule has 3 aromatic rings. The predicted octanol–water partition coefficient (Wildman–Crippen LogP) is 3.40. The van der Waals surface area contributed by atoms with Crippen LogP contribution in [-0.2, 0) is 16.6 Å². The van der Waals surface area contributed by atoms with E-state index in [0.29, 0.717) is 11.6 Å². The fraction of sp³-hybridized carbons (Fsp3) is 0.100. The fourth-order valence-corrected chi connectivity index (χ4v) is 3.59. The van der Waals surface area contributed by atoms with Crippen LogP contribution in [0.4, 0.5) is 14.5 Å². The van der Waals surface area contributed by atoms with Gasteiger partial charge in [-0.25, -0.2) is 17.2 Å². The molecule has 29 heavy (non-hydrogen) atoms. The Kier molecular flexibility index (Phi) is 5.88. The van der Waals surface area contributed by atoms with E-state index < -0.39 is 26.6 Å². The van der Waals surface area contributed by atoms with Gasteiger partial charge in [-0.2, -0.15) is 0 Å². The molecule has 0 fully saturated rings. The molecular formula is C20H17F2N3O3S. The van der Waals surface area contributed by atoms with Crippen LogP contribution in [0, 0.1) is 18.6 Å². The maximum atomic E-state index is 13.3. The first-order valence-electron chi connectivity index (χ1n) is 8.53. The van der Waals surface area contributed by atoms with Crippen LogP contribution in [0.1, 0.15) is 21.6 Å². The molecule has 0 aliphatic rings. The lowest BCUT2D eigenvalue weighted by atomic mass is 10.2. The zero-order valence-electron chi connectivity index (χ0n) is 15.3. The smallest absolute Gasteiger partial charge is 0.261 e. The van der Waals surface area contributed by atoms with Crippen molar-refractivity contribution in [3.63, 3.8) is 0 Å². The number of carbonyl (C=O) groups excluding carboxylic acids is 1. The van der Waals surface area contributed by atoms with Gasteiger partial charge in [-0.3, -0.25) is 14.5 Å². The number of rotatable bonds is 6. The lowest BCUT2D eigenvalue weighted by Crippen LogP contribution is -2.23. The van der Waals surface area contributed by atoms with E-state index in [4.69, 9.17) is 0 Å². The third-order valence-corrected chi connectivity index (χ3v) is 5.51. The molecule has 1 heterocycles. The number of pyridine rings is 1. The van der Waals surface area contributed by atoms with Gasteiger partial charge in [0.05, 0.1) is 17.1 Å². The quantitative estimate of drug-likeness (QED) is 0.644. The van der Waals surface area contributed by atoms with E-state index in [2.05, 4.69) is 15.0 Å². The number of aromatic nitrogens is 1. The average molecular weight is 417 g/mol. The van der Waals surface area contributed by atoms with Crippen molar-refractivity contribution in [2.24, 2.45) is 0 Å². The minimum atomic E-state index is -4.10. The summed E-state index contributed by atoms with van der Waals surface area (Å²) in [6.45, 7) is 2.15. The Morgan fingerprint density at radius 1 is 1.03 bits per heavy atom. The molecule has 0 atom stereocenters. The van der Waals surface area contributed by atoms with Crippen LogP contribution in [0.15, 0.2) is 65.7 Å². The standard InChI is InChI=1S/C20H17F2N3O3S/c1-13-3-2-10-23-19(13)12-24-20(26)14-4-6-15(7-5-14)25-29(27,28)16-8-9-17(21)18(22)11-16/h2-11,25H,12H2,1H3,(H,24,26). The maximum absolute atomic E-state index is 13.3. The highest BCUT2D eigenvalue weighted by Gasteiger charge is 2.17. The molecule has 9 heteroatoms. The Labute approximate surface area is 166 Å². The second-order valence-corrected chi connectivity index (χ2v) is 7.89. The van der Waals surface area contributed by atoms with Crippen molar-refractivity contribution in [2.75, 3.05) is 4.72 Å². The number of sulfonamides is 1. The number of nitrogens with one attached hydrogen (secondary N) is 2. The van der Waals surface area contributed by atoms with E-state index in [1.54, 1.807) is 12.3 Å². The van der Waals surface area contributed by atoms with Crippen molar-refractivity contribution in [3.05, 3.63) is 89.2 Å². The third kappa shape index (κ3) is 4.94. The van der Waals surface area contributed by atoms with Gasteiger partial charge in [-0.05, 0) is 61.0 Å². The van der Waals surface area contributed by atoms with E-state index >= 15 is 0 Å². The number of halogens is 2. The van der Waals surface area contributed by atoms with Gasteiger partial charge in [0.15, 0.2) is 11.6 Å². The first-order chi connectivity index (χ1) is 13.8. The molecule has 0 saturated heterocycles. The molecule has 2 aromatic carbocycles. The van der Waals surface area contributed by atoms with Crippen molar-refractivity contribution in [1.29, 1.82) is 0 Å². The van der Waals surface area contributed by atoms with E-state index in [1.807, 2.05) is 13.0 Å². The molecule has 0 aliphatic heterocycles. The Morgan fingerprint density at radius 2 is 1.76 bits per heavy atom. The van der Waals surface area contributed by atoms with Gasteiger partial charge in [0, 0.05) is 17.4 Å². The van der Waals surface area contributed by atoms with Crippen LogP contribution in [0.25, 0.3) is 0 Å². The highest BCUT2D eigenvalue weighted by Crippen LogP contribution is 2.19. The molecule has 3 rings (SSSR count). The number of aryl methyl sites for hydroxylation is 1. The summed E-state index contributed by atoms with van der Waals surface area (Å²) in [5.74, 6) is -2.74. The first kappa shape index (κ1) is 20.4. The van der Waals surface area contributed by atoms with Crippen LogP contribution in [0.3, 0.4) is 0 Å². The summed E-state index contributed by atoms with van der Waals surface area (Å²) in [6.07, 6.45) is 1.64. The normalized spacial score (nSPS) is 11.1. The molecule has 6 nitrogen and oxygen atoms in total. The highest BCUT2D eigenvalue weighted by atomic mass is 32.2. The molecule has 0 radical (unpaired) electrons. The van der Waals surface area contributed by atoms with Gasteiger partial charge >= 0.3 is 0 Å². The van der Waals surface area contributed by atoms with Crippen molar-refractivity contribution < 1.29 is 22.0 Å². The molecule has 2 N–H and O–H groups in total. The van der Waals surface area contributed by atoms with Gasteiger partial charge in [0.25, 0.3) is 15.9 Å². The number of hydrogen-bond donors (Lipinski definition) is 2. The van der Waals surface area contributed by atoms with E-state index in [1.165, 1.54) is 24.3 Å². The van der Waals surface area contributed by atoms with Crippen LogP contribution in [0.5, 0.6) is 0 Å². The third-order valence-electron chi connectivity index (χ3n) is 4.13. The van der Waals surface area contributed by atoms with Gasteiger partial charge in [0.2, 0.25) is 0 Å². The lowest BCUT2D eigenvalue weighted by molar-refractivity contribution is 0.0950. The first-order valence-corrected chi connectivity index (χ1v) is 10.0. The van der Waals surface area contributed by atoms with Gasteiger partial charge in [-0.1, -0.05) is 6.07 Å². The second kappa shape index (κ2) is 8.36.